The molecule has 0 aromatic carbocycles. The summed E-state index contributed by atoms with van der Waals surface area (Å²) in [4.78, 5) is 18.8. The van der Waals surface area contributed by atoms with Crippen molar-refractivity contribution in [1.29, 1.82) is 0 Å². The smallest absolute Gasteiger partial charge is 0.407 e. The summed E-state index contributed by atoms with van der Waals surface area (Å²) in [6.45, 7) is 11.7. The van der Waals surface area contributed by atoms with Crippen LogP contribution >= 0.6 is 0 Å². The van der Waals surface area contributed by atoms with E-state index in [1.165, 1.54) is 19.4 Å². The summed E-state index contributed by atoms with van der Waals surface area (Å²) < 4.78 is 7.48. The van der Waals surface area contributed by atoms with Gasteiger partial charge in [-0.3, -0.25) is 4.90 Å². The molecule has 0 bridgehead atoms. The minimum Gasteiger partial charge on any atom is -0.444 e. The Morgan fingerprint density at radius 3 is 2.88 bits per heavy atom. The zero-order chi connectivity index (χ0) is 18.7. The molecule has 6 heteroatoms. The van der Waals surface area contributed by atoms with Gasteiger partial charge in [-0.05, 0) is 52.4 Å². The van der Waals surface area contributed by atoms with Gasteiger partial charge in [0, 0.05) is 32.1 Å². The van der Waals surface area contributed by atoms with Crippen LogP contribution < -0.4 is 5.32 Å². The number of ether oxygens (including phenoxy) is 1. The second kappa shape index (κ2) is 7.71. The van der Waals surface area contributed by atoms with Gasteiger partial charge in [-0.2, -0.15) is 0 Å². The molecular formula is C20H30N4O2. The highest BCUT2D eigenvalue weighted by Crippen LogP contribution is 2.30. The molecule has 0 unspecified atom stereocenters. The van der Waals surface area contributed by atoms with Crippen LogP contribution in [0.5, 0.6) is 0 Å². The Bertz CT molecular complexity index is 704. The van der Waals surface area contributed by atoms with Crippen LogP contribution in [0.4, 0.5) is 4.79 Å². The largest absolute Gasteiger partial charge is 0.444 e. The Labute approximate surface area is 156 Å². The Hall–Kier alpha value is -2.00. The van der Waals surface area contributed by atoms with Crippen molar-refractivity contribution in [2.75, 3.05) is 13.1 Å². The van der Waals surface area contributed by atoms with Gasteiger partial charge in [-0.1, -0.05) is 5.92 Å². The number of fused-ring (bicyclic) bond motifs is 1. The molecule has 1 aliphatic carbocycles. The Kier molecular flexibility index (Phi) is 5.57. The second-order valence-corrected chi connectivity index (χ2v) is 8.44. The topological polar surface area (TPSA) is 59.4 Å². The standard InChI is InChI=1S/C20H30N4O2/c1-15(22-19(25)26-20(2,3)4)6-5-7-17-12-21-18-14-23(10-11-24(17)18)13-16-8-9-16/h12,15-16H,6,8-11,13-14H2,1-4H3,(H,22,25)/t15-/m0/s1. The molecule has 1 aromatic heterocycles. The number of imidazole rings is 1. The van der Waals surface area contributed by atoms with Gasteiger partial charge in [-0.25, -0.2) is 9.78 Å². The van der Waals surface area contributed by atoms with Crippen molar-refractivity contribution >= 4 is 6.09 Å². The highest BCUT2D eigenvalue weighted by molar-refractivity contribution is 5.68. The third-order valence-electron chi connectivity index (χ3n) is 4.54. The van der Waals surface area contributed by atoms with E-state index in [0.29, 0.717) is 6.42 Å². The maximum Gasteiger partial charge on any atom is 0.407 e. The van der Waals surface area contributed by atoms with Gasteiger partial charge in [0.25, 0.3) is 0 Å². The van der Waals surface area contributed by atoms with Gasteiger partial charge in [-0.15, -0.1) is 0 Å². The van der Waals surface area contributed by atoms with Gasteiger partial charge in [0.15, 0.2) is 0 Å². The van der Waals surface area contributed by atoms with Crippen molar-refractivity contribution in [3.05, 3.63) is 17.7 Å². The first-order chi connectivity index (χ1) is 12.3. The van der Waals surface area contributed by atoms with Crippen LogP contribution in [-0.4, -0.2) is 45.3 Å². The van der Waals surface area contributed by atoms with E-state index < -0.39 is 11.7 Å². The third kappa shape index (κ3) is 5.50. The molecule has 142 valence electrons. The average Bonchev–Trinajstić information content (AvgIpc) is 3.24. The number of rotatable bonds is 4. The molecule has 1 saturated carbocycles. The van der Waals surface area contributed by atoms with Crippen LogP contribution in [0.3, 0.4) is 0 Å². The Morgan fingerprint density at radius 1 is 1.42 bits per heavy atom. The number of nitrogens with one attached hydrogen (secondary N) is 1. The van der Waals surface area contributed by atoms with E-state index in [0.717, 1.165) is 37.1 Å². The first-order valence-corrected chi connectivity index (χ1v) is 9.55. The lowest BCUT2D eigenvalue weighted by atomic mass is 10.2. The summed E-state index contributed by atoms with van der Waals surface area (Å²) in [7, 11) is 0. The molecule has 2 heterocycles. The summed E-state index contributed by atoms with van der Waals surface area (Å²) >= 11 is 0. The number of alkyl carbamates (subject to hydrolysis) is 1. The van der Waals surface area contributed by atoms with Crippen molar-refractivity contribution in [2.45, 2.75) is 71.7 Å². The van der Waals surface area contributed by atoms with Crippen LogP contribution in [0.15, 0.2) is 6.20 Å². The minimum absolute atomic E-state index is 0.0601. The van der Waals surface area contributed by atoms with E-state index in [4.69, 9.17) is 4.74 Å². The van der Waals surface area contributed by atoms with Crippen LogP contribution in [0.1, 0.15) is 58.5 Å². The fourth-order valence-electron chi connectivity index (χ4n) is 3.09. The number of amides is 1. The van der Waals surface area contributed by atoms with E-state index in [1.54, 1.807) is 0 Å². The van der Waals surface area contributed by atoms with Crippen molar-refractivity contribution in [3.8, 4) is 11.8 Å². The van der Waals surface area contributed by atoms with Gasteiger partial charge in [0.2, 0.25) is 0 Å². The summed E-state index contributed by atoms with van der Waals surface area (Å²) in [6.07, 6.45) is 4.82. The quantitative estimate of drug-likeness (QED) is 0.841. The second-order valence-electron chi connectivity index (χ2n) is 8.44. The number of nitrogens with zero attached hydrogens (tertiary/aromatic N) is 3. The SMILES string of the molecule is C[C@@H](CC#Cc1cnc2n1CCN(CC1CC1)C2)NC(=O)OC(C)(C)C. The highest BCUT2D eigenvalue weighted by atomic mass is 16.6. The van der Waals surface area contributed by atoms with Crippen LogP contribution in [0.25, 0.3) is 0 Å². The van der Waals surface area contributed by atoms with Crippen molar-refractivity contribution in [2.24, 2.45) is 5.92 Å². The first-order valence-electron chi connectivity index (χ1n) is 9.55. The average molecular weight is 358 g/mol. The molecule has 1 amide bonds. The lowest BCUT2D eigenvalue weighted by molar-refractivity contribution is 0.0509. The summed E-state index contributed by atoms with van der Waals surface area (Å²) in [5, 5.41) is 2.82. The van der Waals surface area contributed by atoms with Crippen molar-refractivity contribution in [3.63, 3.8) is 0 Å². The summed E-state index contributed by atoms with van der Waals surface area (Å²) in [6, 6.07) is -0.0601. The zero-order valence-electron chi connectivity index (χ0n) is 16.3. The van der Waals surface area contributed by atoms with Crippen molar-refractivity contribution < 1.29 is 9.53 Å². The summed E-state index contributed by atoms with van der Waals surface area (Å²) in [5.74, 6) is 8.40. The first kappa shape index (κ1) is 18.8. The number of aromatic nitrogens is 2. The molecule has 1 fully saturated rings. The molecule has 2 aliphatic rings. The van der Waals surface area contributed by atoms with Gasteiger partial charge >= 0.3 is 6.09 Å². The van der Waals surface area contributed by atoms with Gasteiger partial charge in [0.05, 0.1) is 12.7 Å². The fraction of sp³-hybridized carbons (Fsp3) is 0.700. The Balaban J connectivity index is 1.49. The molecule has 1 atom stereocenters. The van der Waals surface area contributed by atoms with E-state index in [2.05, 4.69) is 31.6 Å². The molecule has 0 radical (unpaired) electrons. The Morgan fingerprint density at radius 2 is 2.19 bits per heavy atom. The monoisotopic (exact) mass is 358 g/mol. The maximum atomic E-state index is 11.8. The number of hydrogen-bond acceptors (Lipinski definition) is 4. The van der Waals surface area contributed by atoms with Crippen molar-refractivity contribution in [1.82, 2.24) is 19.8 Å². The van der Waals surface area contributed by atoms with E-state index in [9.17, 15) is 4.79 Å². The number of hydrogen-bond donors (Lipinski definition) is 1. The predicted octanol–water partition coefficient (Wildman–Crippen LogP) is 2.76. The third-order valence-corrected chi connectivity index (χ3v) is 4.54. The predicted molar refractivity (Wildman–Crippen MR) is 101 cm³/mol. The zero-order valence-corrected chi connectivity index (χ0v) is 16.3. The molecule has 0 saturated heterocycles. The lowest BCUT2D eigenvalue weighted by Crippen LogP contribution is -2.37. The molecule has 6 nitrogen and oxygen atoms in total. The lowest BCUT2D eigenvalue weighted by Gasteiger charge is -2.27. The minimum atomic E-state index is -0.487. The highest BCUT2D eigenvalue weighted by Gasteiger charge is 2.27. The maximum absolute atomic E-state index is 11.8. The van der Waals surface area contributed by atoms with Crippen LogP contribution in [-0.2, 0) is 17.8 Å². The molecule has 1 aromatic rings. The van der Waals surface area contributed by atoms with E-state index in [1.807, 2.05) is 33.9 Å². The normalized spacial score (nSPS) is 18.5. The molecule has 0 spiro atoms. The number of carbonyl (C=O) groups excluding carboxylic acids is 1. The fourth-order valence-corrected chi connectivity index (χ4v) is 3.09. The van der Waals surface area contributed by atoms with E-state index >= 15 is 0 Å². The molecule has 1 aliphatic heterocycles. The number of carbonyl (C=O) groups is 1. The van der Waals surface area contributed by atoms with Gasteiger partial charge < -0.3 is 14.6 Å². The van der Waals surface area contributed by atoms with Gasteiger partial charge in [0.1, 0.15) is 17.1 Å². The molecule has 1 N–H and O–H groups in total. The van der Waals surface area contributed by atoms with Crippen LogP contribution in [0, 0.1) is 17.8 Å². The van der Waals surface area contributed by atoms with E-state index in [-0.39, 0.29) is 6.04 Å². The van der Waals surface area contributed by atoms with Crippen LogP contribution in [0.2, 0.25) is 0 Å². The molecule has 3 rings (SSSR count). The summed E-state index contributed by atoms with van der Waals surface area (Å²) in [5.41, 5.74) is 0.482. The molecule has 26 heavy (non-hydrogen) atoms. The molecular weight excluding hydrogens is 328 g/mol.